The Hall–Kier alpha value is -1.68. The van der Waals surface area contributed by atoms with Crippen LogP contribution in [0.2, 0.25) is 5.02 Å². The third-order valence-electron chi connectivity index (χ3n) is 2.28. The van der Waals surface area contributed by atoms with Crippen LogP contribution in [0.3, 0.4) is 0 Å². The fourth-order valence-corrected chi connectivity index (χ4v) is 1.53. The number of aromatic nitrogens is 2. The minimum atomic E-state index is -0.237. The van der Waals surface area contributed by atoms with Crippen LogP contribution in [0.1, 0.15) is 5.56 Å². The Balaban J connectivity index is 2.08. The maximum Gasteiger partial charge on any atom is 0.225 e. The summed E-state index contributed by atoms with van der Waals surface area (Å²) in [4.78, 5) is 10.1. The van der Waals surface area contributed by atoms with Crippen LogP contribution in [0.15, 0.2) is 36.7 Å². The van der Waals surface area contributed by atoms with E-state index < -0.39 is 0 Å². The molecule has 0 amide bonds. The van der Waals surface area contributed by atoms with E-state index in [0.29, 0.717) is 17.5 Å². The van der Waals surface area contributed by atoms with Crippen molar-refractivity contribution in [2.45, 2.75) is 6.54 Å². The van der Waals surface area contributed by atoms with Crippen molar-refractivity contribution in [3.63, 3.8) is 0 Å². The monoisotopic (exact) mass is 251 g/mol. The van der Waals surface area contributed by atoms with Crippen LogP contribution in [0.4, 0.5) is 10.3 Å². The van der Waals surface area contributed by atoms with Crippen molar-refractivity contribution in [2.24, 2.45) is 0 Å². The van der Waals surface area contributed by atoms with Crippen LogP contribution in [-0.4, -0.2) is 17.0 Å². The molecular formula is C12H11ClFN3. The number of benzene rings is 1. The van der Waals surface area contributed by atoms with Gasteiger partial charge in [0.1, 0.15) is 5.82 Å². The van der Waals surface area contributed by atoms with Crippen molar-refractivity contribution >= 4 is 17.5 Å². The van der Waals surface area contributed by atoms with Crippen molar-refractivity contribution in [3.05, 3.63) is 53.1 Å². The van der Waals surface area contributed by atoms with Crippen LogP contribution < -0.4 is 4.90 Å². The lowest BCUT2D eigenvalue weighted by molar-refractivity contribution is 0.627. The number of hydrogen-bond donors (Lipinski definition) is 0. The van der Waals surface area contributed by atoms with Gasteiger partial charge in [-0.3, -0.25) is 0 Å². The molecule has 0 saturated carbocycles. The Bertz CT molecular complexity index is 484. The molecule has 2 rings (SSSR count). The molecule has 1 aromatic heterocycles. The summed E-state index contributed by atoms with van der Waals surface area (Å²) in [6, 6.07) is 6.35. The second kappa shape index (κ2) is 5.10. The van der Waals surface area contributed by atoms with Gasteiger partial charge < -0.3 is 4.90 Å². The van der Waals surface area contributed by atoms with Crippen LogP contribution in [0, 0.1) is 5.82 Å². The first kappa shape index (κ1) is 11.8. The minimum Gasteiger partial charge on any atom is -0.340 e. The molecule has 0 aliphatic heterocycles. The average molecular weight is 252 g/mol. The van der Waals surface area contributed by atoms with Gasteiger partial charge in [0.05, 0.1) is 17.4 Å². The topological polar surface area (TPSA) is 29.0 Å². The Morgan fingerprint density at radius 1 is 1.18 bits per heavy atom. The van der Waals surface area contributed by atoms with E-state index in [1.54, 1.807) is 24.5 Å². The summed E-state index contributed by atoms with van der Waals surface area (Å²) < 4.78 is 12.7. The smallest absolute Gasteiger partial charge is 0.225 e. The van der Waals surface area contributed by atoms with Crippen molar-refractivity contribution in [3.8, 4) is 0 Å². The Morgan fingerprint density at radius 3 is 2.35 bits per heavy atom. The van der Waals surface area contributed by atoms with E-state index in [1.807, 2.05) is 11.9 Å². The predicted octanol–water partition coefficient (Wildman–Crippen LogP) is 2.91. The fraction of sp³-hybridized carbons (Fsp3) is 0.167. The van der Waals surface area contributed by atoms with Gasteiger partial charge in [-0.15, -0.1) is 0 Å². The van der Waals surface area contributed by atoms with E-state index in [2.05, 4.69) is 9.97 Å². The van der Waals surface area contributed by atoms with Gasteiger partial charge in [-0.1, -0.05) is 23.7 Å². The summed E-state index contributed by atoms with van der Waals surface area (Å²) in [5, 5.41) is 0.504. The second-order valence-electron chi connectivity index (χ2n) is 3.68. The van der Waals surface area contributed by atoms with E-state index in [0.717, 1.165) is 5.56 Å². The van der Waals surface area contributed by atoms with Crippen molar-refractivity contribution in [1.29, 1.82) is 0 Å². The van der Waals surface area contributed by atoms with E-state index in [4.69, 9.17) is 11.6 Å². The second-order valence-corrected chi connectivity index (χ2v) is 4.12. The highest BCUT2D eigenvalue weighted by Crippen LogP contribution is 2.12. The zero-order valence-electron chi connectivity index (χ0n) is 9.27. The normalized spacial score (nSPS) is 10.3. The van der Waals surface area contributed by atoms with Crippen molar-refractivity contribution in [2.75, 3.05) is 11.9 Å². The summed E-state index contributed by atoms with van der Waals surface area (Å²) >= 11 is 5.71. The molecule has 88 valence electrons. The Labute approximate surface area is 104 Å². The molecule has 17 heavy (non-hydrogen) atoms. The lowest BCUT2D eigenvalue weighted by Crippen LogP contribution is -2.18. The SMILES string of the molecule is CN(Cc1ccc(F)cc1)c1ncc(Cl)cn1. The first-order valence-electron chi connectivity index (χ1n) is 5.08. The van der Waals surface area contributed by atoms with Gasteiger partial charge >= 0.3 is 0 Å². The number of rotatable bonds is 3. The molecular weight excluding hydrogens is 241 g/mol. The van der Waals surface area contributed by atoms with Crippen molar-refractivity contribution < 1.29 is 4.39 Å². The molecule has 0 bridgehead atoms. The van der Waals surface area contributed by atoms with Gasteiger partial charge in [0.15, 0.2) is 0 Å². The molecule has 0 aliphatic carbocycles. The highest BCUT2D eigenvalue weighted by molar-refractivity contribution is 6.30. The highest BCUT2D eigenvalue weighted by atomic mass is 35.5. The van der Waals surface area contributed by atoms with E-state index >= 15 is 0 Å². The number of nitrogens with zero attached hydrogens (tertiary/aromatic N) is 3. The maximum atomic E-state index is 12.7. The predicted molar refractivity (Wildman–Crippen MR) is 65.5 cm³/mol. The molecule has 0 aliphatic rings. The molecule has 5 heteroatoms. The van der Waals surface area contributed by atoms with Gasteiger partial charge in [-0.05, 0) is 17.7 Å². The van der Waals surface area contributed by atoms with E-state index in [-0.39, 0.29) is 5.82 Å². The summed E-state index contributed by atoms with van der Waals surface area (Å²) in [5.41, 5.74) is 0.993. The summed E-state index contributed by atoms with van der Waals surface area (Å²) in [7, 11) is 1.87. The minimum absolute atomic E-state index is 0.237. The average Bonchev–Trinajstić information content (AvgIpc) is 2.33. The van der Waals surface area contributed by atoms with Crippen LogP contribution >= 0.6 is 11.6 Å². The van der Waals surface area contributed by atoms with Gasteiger partial charge in [0, 0.05) is 13.6 Å². The molecule has 0 unspecified atom stereocenters. The van der Waals surface area contributed by atoms with Crippen LogP contribution in [-0.2, 0) is 6.54 Å². The quantitative estimate of drug-likeness (QED) is 0.840. The van der Waals surface area contributed by atoms with Gasteiger partial charge in [-0.2, -0.15) is 0 Å². The molecule has 0 saturated heterocycles. The molecule has 2 aromatic rings. The largest absolute Gasteiger partial charge is 0.340 e. The Morgan fingerprint density at radius 2 is 1.76 bits per heavy atom. The zero-order valence-corrected chi connectivity index (χ0v) is 10.0. The standard InChI is InChI=1S/C12H11ClFN3/c1-17(12-15-6-10(13)7-16-12)8-9-2-4-11(14)5-3-9/h2-7H,8H2,1H3. The lowest BCUT2D eigenvalue weighted by Gasteiger charge is -2.16. The van der Waals surface area contributed by atoms with Gasteiger partial charge in [-0.25, -0.2) is 14.4 Å². The fourth-order valence-electron chi connectivity index (χ4n) is 1.44. The van der Waals surface area contributed by atoms with Crippen LogP contribution in [0.25, 0.3) is 0 Å². The molecule has 3 nitrogen and oxygen atoms in total. The van der Waals surface area contributed by atoms with Gasteiger partial charge in [0.25, 0.3) is 0 Å². The maximum absolute atomic E-state index is 12.7. The summed E-state index contributed by atoms with van der Waals surface area (Å²) in [6.07, 6.45) is 3.09. The summed E-state index contributed by atoms with van der Waals surface area (Å²) in [5.74, 6) is 0.345. The highest BCUT2D eigenvalue weighted by Gasteiger charge is 2.04. The van der Waals surface area contributed by atoms with E-state index in [9.17, 15) is 4.39 Å². The molecule has 1 heterocycles. The van der Waals surface area contributed by atoms with Crippen LogP contribution in [0.5, 0.6) is 0 Å². The first-order valence-corrected chi connectivity index (χ1v) is 5.46. The van der Waals surface area contributed by atoms with Gasteiger partial charge in [0.2, 0.25) is 5.95 Å². The third-order valence-corrected chi connectivity index (χ3v) is 2.48. The zero-order chi connectivity index (χ0) is 12.3. The Kier molecular flexibility index (Phi) is 3.54. The molecule has 0 N–H and O–H groups in total. The number of halogens is 2. The number of hydrogen-bond acceptors (Lipinski definition) is 3. The molecule has 0 spiro atoms. The van der Waals surface area contributed by atoms with E-state index in [1.165, 1.54) is 12.1 Å². The molecule has 0 atom stereocenters. The molecule has 0 radical (unpaired) electrons. The van der Waals surface area contributed by atoms with Crippen molar-refractivity contribution in [1.82, 2.24) is 9.97 Å². The molecule has 1 aromatic carbocycles. The number of anilines is 1. The first-order chi connectivity index (χ1) is 8.15. The molecule has 0 fully saturated rings. The third kappa shape index (κ3) is 3.14. The lowest BCUT2D eigenvalue weighted by atomic mass is 10.2. The summed E-state index contributed by atoms with van der Waals surface area (Å²) in [6.45, 7) is 0.613.